The Hall–Kier alpha value is -1.10. The summed E-state index contributed by atoms with van der Waals surface area (Å²) in [5.74, 6) is -0.00171. The lowest BCUT2D eigenvalue weighted by Gasteiger charge is -2.33. The quantitative estimate of drug-likeness (QED) is 0.802. The third-order valence-corrected chi connectivity index (χ3v) is 5.00. The SMILES string of the molecule is CCC(CC)(CNC(=O)[C@@H]1CC[C@H](CN)O1)c1ccccc1.Cl. The minimum absolute atomic E-state index is 0. The molecule has 4 nitrogen and oxygen atoms in total. The van der Waals surface area contributed by atoms with Crippen molar-refractivity contribution in [2.24, 2.45) is 5.73 Å². The number of nitrogens with one attached hydrogen (secondary N) is 1. The van der Waals surface area contributed by atoms with Crippen molar-refractivity contribution in [1.82, 2.24) is 5.32 Å². The van der Waals surface area contributed by atoms with Crippen molar-refractivity contribution in [2.45, 2.75) is 57.2 Å². The molecule has 1 heterocycles. The Balaban J connectivity index is 0.00000264. The summed E-state index contributed by atoms with van der Waals surface area (Å²) in [6.45, 7) is 5.50. The number of nitrogens with two attached hydrogens (primary N) is 1. The molecule has 2 atom stereocenters. The fourth-order valence-corrected chi connectivity index (χ4v) is 3.24. The summed E-state index contributed by atoms with van der Waals surface area (Å²) in [4.78, 5) is 12.3. The molecule has 130 valence electrons. The van der Waals surface area contributed by atoms with E-state index in [0.717, 1.165) is 25.7 Å². The van der Waals surface area contributed by atoms with Crippen LogP contribution >= 0.6 is 12.4 Å². The van der Waals surface area contributed by atoms with E-state index in [-0.39, 0.29) is 35.9 Å². The number of amides is 1. The highest BCUT2D eigenvalue weighted by molar-refractivity contribution is 5.85. The van der Waals surface area contributed by atoms with Crippen LogP contribution < -0.4 is 11.1 Å². The smallest absolute Gasteiger partial charge is 0.249 e. The normalized spacial score (nSPS) is 20.8. The first-order valence-corrected chi connectivity index (χ1v) is 8.34. The maximum atomic E-state index is 12.3. The number of carbonyl (C=O) groups is 1. The second kappa shape index (κ2) is 9.26. The van der Waals surface area contributed by atoms with Crippen LogP contribution in [0, 0.1) is 0 Å². The van der Waals surface area contributed by atoms with Crippen LogP contribution in [-0.4, -0.2) is 31.2 Å². The Morgan fingerprint density at radius 2 is 1.91 bits per heavy atom. The van der Waals surface area contributed by atoms with E-state index in [2.05, 4.69) is 43.4 Å². The van der Waals surface area contributed by atoms with Gasteiger partial charge in [-0.25, -0.2) is 0 Å². The van der Waals surface area contributed by atoms with Gasteiger partial charge in [0.05, 0.1) is 6.10 Å². The molecule has 3 N–H and O–H groups in total. The lowest BCUT2D eigenvalue weighted by Crippen LogP contribution is -2.44. The van der Waals surface area contributed by atoms with E-state index in [1.54, 1.807) is 0 Å². The topological polar surface area (TPSA) is 64.4 Å². The molecule has 2 rings (SSSR count). The summed E-state index contributed by atoms with van der Waals surface area (Å²) in [5.41, 5.74) is 6.88. The van der Waals surface area contributed by atoms with Crippen LogP contribution in [0.4, 0.5) is 0 Å². The first-order valence-electron chi connectivity index (χ1n) is 8.34. The molecule has 1 saturated heterocycles. The number of hydrogen-bond donors (Lipinski definition) is 2. The molecule has 1 aliphatic rings. The molecule has 1 aromatic carbocycles. The van der Waals surface area contributed by atoms with Gasteiger partial charge in [0.2, 0.25) is 5.91 Å². The Bertz CT molecular complexity index is 477. The van der Waals surface area contributed by atoms with E-state index in [9.17, 15) is 4.79 Å². The van der Waals surface area contributed by atoms with Crippen LogP contribution in [0.1, 0.15) is 45.1 Å². The van der Waals surface area contributed by atoms with Crippen LogP contribution in [0.25, 0.3) is 0 Å². The van der Waals surface area contributed by atoms with Crippen LogP contribution in [0.15, 0.2) is 30.3 Å². The molecule has 0 saturated carbocycles. The van der Waals surface area contributed by atoms with Gasteiger partial charge in [0.25, 0.3) is 0 Å². The van der Waals surface area contributed by atoms with E-state index in [1.165, 1.54) is 5.56 Å². The molecule has 0 aromatic heterocycles. The third-order valence-electron chi connectivity index (χ3n) is 5.00. The van der Waals surface area contributed by atoms with Crippen LogP contribution in [0.3, 0.4) is 0 Å². The summed E-state index contributed by atoms with van der Waals surface area (Å²) in [6.07, 6.45) is 3.32. The predicted molar refractivity (Wildman–Crippen MR) is 95.9 cm³/mol. The molecule has 1 fully saturated rings. The molecule has 1 aromatic rings. The van der Waals surface area contributed by atoms with E-state index in [4.69, 9.17) is 10.5 Å². The van der Waals surface area contributed by atoms with Crippen molar-refractivity contribution >= 4 is 18.3 Å². The molecule has 0 aliphatic carbocycles. The molecule has 1 aliphatic heterocycles. The molecule has 0 unspecified atom stereocenters. The van der Waals surface area contributed by atoms with Gasteiger partial charge in [-0.15, -0.1) is 12.4 Å². The summed E-state index contributed by atoms with van der Waals surface area (Å²) in [5, 5.41) is 3.11. The van der Waals surface area contributed by atoms with Crippen LogP contribution in [-0.2, 0) is 14.9 Å². The molecular formula is C18H29ClN2O2. The van der Waals surface area contributed by atoms with Crippen molar-refractivity contribution in [1.29, 1.82) is 0 Å². The van der Waals surface area contributed by atoms with Gasteiger partial charge in [0, 0.05) is 18.5 Å². The first-order chi connectivity index (χ1) is 10.6. The highest BCUT2D eigenvalue weighted by atomic mass is 35.5. The van der Waals surface area contributed by atoms with Crippen molar-refractivity contribution in [2.75, 3.05) is 13.1 Å². The second-order valence-electron chi connectivity index (χ2n) is 6.13. The molecule has 1 amide bonds. The Labute approximate surface area is 145 Å². The maximum Gasteiger partial charge on any atom is 0.249 e. The van der Waals surface area contributed by atoms with Gasteiger partial charge in [0.15, 0.2) is 0 Å². The van der Waals surface area contributed by atoms with Crippen molar-refractivity contribution in [3.05, 3.63) is 35.9 Å². The van der Waals surface area contributed by atoms with E-state index in [1.807, 2.05) is 6.07 Å². The van der Waals surface area contributed by atoms with Gasteiger partial charge >= 0.3 is 0 Å². The van der Waals surface area contributed by atoms with Gasteiger partial charge in [0.1, 0.15) is 6.10 Å². The largest absolute Gasteiger partial charge is 0.364 e. The van der Waals surface area contributed by atoms with E-state index in [0.29, 0.717) is 13.1 Å². The zero-order valence-electron chi connectivity index (χ0n) is 14.1. The van der Waals surface area contributed by atoms with E-state index < -0.39 is 0 Å². The van der Waals surface area contributed by atoms with Crippen molar-refractivity contribution < 1.29 is 9.53 Å². The first kappa shape index (κ1) is 19.9. The van der Waals surface area contributed by atoms with Crippen LogP contribution in [0.2, 0.25) is 0 Å². The minimum Gasteiger partial charge on any atom is -0.364 e. The van der Waals surface area contributed by atoms with Gasteiger partial charge in [-0.3, -0.25) is 4.79 Å². The molecule has 5 heteroatoms. The molecule has 23 heavy (non-hydrogen) atoms. The maximum absolute atomic E-state index is 12.3. The van der Waals surface area contributed by atoms with E-state index >= 15 is 0 Å². The Morgan fingerprint density at radius 1 is 1.26 bits per heavy atom. The number of benzene rings is 1. The van der Waals surface area contributed by atoms with Crippen LogP contribution in [0.5, 0.6) is 0 Å². The summed E-state index contributed by atoms with van der Waals surface area (Å²) in [6, 6.07) is 10.4. The monoisotopic (exact) mass is 340 g/mol. The lowest BCUT2D eigenvalue weighted by molar-refractivity contribution is -0.132. The number of hydrogen-bond acceptors (Lipinski definition) is 3. The highest BCUT2D eigenvalue weighted by Gasteiger charge is 2.33. The lowest BCUT2D eigenvalue weighted by atomic mass is 9.76. The fraction of sp³-hybridized carbons (Fsp3) is 0.611. The number of carbonyl (C=O) groups excluding carboxylic acids is 1. The second-order valence-corrected chi connectivity index (χ2v) is 6.13. The number of halogens is 1. The van der Waals surface area contributed by atoms with Gasteiger partial charge in [-0.05, 0) is 31.2 Å². The third kappa shape index (κ3) is 4.69. The Kier molecular flexibility index (Phi) is 8.03. The zero-order chi connectivity index (χ0) is 16.0. The fourth-order valence-electron chi connectivity index (χ4n) is 3.24. The summed E-state index contributed by atoms with van der Waals surface area (Å²) < 4.78 is 5.67. The van der Waals surface area contributed by atoms with Gasteiger partial charge in [-0.1, -0.05) is 44.2 Å². The predicted octanol–water partition coefficient (Wildman–Crippen LogP) is 2.79. The standard InChI is InChI=1S/C18H28N2O2.ClH/c1-3-18(4-2,14-8-6-5-7-9-14)13-20-17(21)16-11-10-15(12-19)22-16;/h5-9,15-16H,3-4,10-13,19H2,1-2H3,(H,20,21);1H/t15-,16+;/m1./s1. The van der Waals surface area contributed by atoms with Crippen molar-refractivity contribution in [3.8, 4) is 0 Å². The van der Waals surface area contributed by atoms with Crippen molar-refractivity contribution in [3.63, 3.8) is 0 Å². The minimum atomic E-state index is -0.337. The molecule has 0 bridgehead atoms. The highest BCUT2D eigenvalue weighted by Crippen LogP contribution is 2.31. The average Bonchev–Trinajstić information content (AvgIpc) is 3.06. The summed E-state index contributed by atoms with van der Waals surface area (Å²) in [7, 11) is 0. The molecular weight excluding hydrogens is 312 g/mol. The van der Waals surface area contributed by atoms with Gasteiger partial charge in [-0.2, -0.15) is 0 Å². The number of rotatable bonds is 7. The molecule has 0 radical (unpaired) electrons. The Morgan fingerprint density at radius 3 is 2.43 bits per heavy atom. The zero-order valence-corrected chi connectivity index (χ0v) is 14.9. The summed E-state index contributed by atoms with van der Waals surface area (Å²) >= 11 is 0. The number of ether oxygens (including phenoxy) is 1. The average molecular weight is 341 g/mol. The van der Waals surface area contributed by atoms with Gasteiger partial charge < -0.3 is 15.8 Å². The molecule has 0 spiro atoms.